The molecule has 0 aliphatic rings. The van der Waals surface area contributed by atoms with Gasteiger partial charge < -0.3 is 33.5 Å². The minimum absolute atomic E-state index is 0.0191. The lowest BCUT2D eigenvalue weighted by Crippen LogP contribution is -2.39. The number of aromatic nitrogens is 8. The van der Waals surface area contributed by atoms with Gasteiger partial charge in [-0.05, 0) is 72.5 Å². The largest absolute Gasteiger partial charge is 0.573 e. The van der Waals surface area contributed by atoms with E-state index in [-0.39, 0.29) is 111 Å². The molecule has 0 spiro atoms. The summed E-state index contributed by atoms with van der Waals surface area (Å²) < 4.78 is 113. The van der Waals surface area contributed by atoms with Crippen LogP contribution >= 0.6 is 23.2 Å². The number of hydrogen-bond donors (Lipinski definition) is 1. The van der Waals surface area contributed by atoms with E-state index in [1.807, 2.05) is 6.92 Å². The van der Waals surface area contributed by atoms with E-state index in [0.717, 1.165) is 46.4 Å². The summed E-state index contributed by atoms with van der Waals surface area (Å²) in [5.41, 5.74) is 0.0545. The van der Waals surface area contributed by atoms with Gasteiger partial charge in [-0.2, -0.15) is 9.97 Å². The SMILES string of the molecule is CCCCn1c(=O)c2c(nc(OCCOc3cccc(OC(F)(F)F)c3)n2Cc2ccc(Cl)cc2)n(C)c1=O.Cn1c(=O)n(CCCO)c(=O)c2c1nc(OCCOc1cccc(OC(F)(F)F)c1)n2Cc1ccc(Cl)cc1. The van der Waals surface area contributed by atoms with Crippen molar-refractivity contribution in [1.82, 2.24) is 37.4 Å². The summed E-state index contributed by atoms with van der Waals surface area (Å²) >= 11 is 12.0. The number of fused-ring (bicyclic) bond motifs is 2. The van der Waals surface area contributed by atoms with Crippen molar-refractivity contribution in [1.29, 1.82) is 0 Å². The smallest absolute Gasteiger partial charge is 0.490 e. The van der Waals surface area contributed by atoms with Gasteiger partial charge in [0.1, 0.15) is 49.4 Å². The van der Waals surface area contributed by atoms with E-state index in [0.29, 0.717) is 16.5 Å². The quantitative estimate of drug-likeness (QED) is 0.0505. The molecule has 0 bridgehead atoms. The zero-order valence-electron chi connectivity index (χ0n) is 41.9. The Bertz CT molecular complexity index is 3360. The molecule has 0 atom stereocenters. The van der Waals surface area contributed by atoms with Crippen LogP contribution < -0.4 is 50.9 Å². The first-order chi connectivity index (χ1) is 37.1. The lowest BCUT2D eigenvalue weighted by atomic mass is 10.2. The van der Waals surface area contributed by atoms with Crippen LogP contribution in [0.25, 0.3) is 22.3 Å². The molecule has 416 valence electrons. The zero-order valence-corrected chi connectivity index (χ0v) is 43.4. The molecule has 8 rings (SSSR count). The molecule has 0 unspecified atom stereocenters. The van der Waals surface area contributed by atoms with Gasteiger partial charge in [0, 0.05) is 56.0 Å². The molecule has 4 aromatic heterocycles. The van der Waals surface area contributed by atoms with Gasteiger partial charge in [0.25, 0.3) is 23.1 Å². The fourth-order valence-corrected chi connectivity index (χ4v) is 8.06. The third kappa shape index (κ3) is 14.8. The highest BCUT2D eigenvalue weighted by atomic mass is 35.5. The molecule has 1 N–H and O–H groups in total. The number of nitrogens with zero attached hydrogens (tertiary/aromatic N) is 8. The maximum absolute atomic E-state index is 13.4. The van der Waals surface area contributed by atoms with Gasteiger partial charge in [0.05, 0.1) is 13.1 Å². The van der Waals surface area contributed by atoms with Crippen molar-refractivity contribution in [2.45, 2.75) is 65.1 Å². The van der Waals surface area contributed by atoms with E-state index in [1.165, 1.54) is 56.6 Å². The number of benzene rings is 4. The molecule has 4 aromatic carbocycles. The Kier molecular flexibility index (Phi) is 18.9. The monoisotopic (exact) mass is 1130 g/mol. The Morgan fingerprint density at radius 3 is 1.27 bits per heavy atom. The van der Waals surface area contributed by atoms with Crippen LogP contribution in [0.15, 0.2) is 116 Å². The summed E-state index contributed by atoms with van der Waals surface area (Å²) in [4.78, 5) is 61.3. The predicted octanol–water partition coefficient (Wildman–Crippen LogP) is 8.09. The standard InChI is InChI=1S/C26H26ClF3N4O5.C25H24ClF3N4O6/c1-3-4-12-33-23(35)21-22(32(2)25(33)36)31-24(34(21)16-17-8-10-18(27)11-9-17)38-14-13-37-19-6-5-7-20(15-19)39-26(28,29)30;1-31-21-20(22(35)32(24(31)36)10-3-11-34)33(15-16-6-8-17(26)9-7-16)23(30-21)38-13-12-37-18-4-2-5-19(14-18)39-25(27,28)29/h5-11,15H,3-4,12-14,16H2,1-2H3;2,4-9,14,34H,3,10-13,15H2,1H3. The van der Waals surface area contributed by atoms with Gasteiger partial charge >= 0.3 is 24.1 Å². The average Bonchev–Trinajstić information content (AvgIpc) is 3.98. The highest BCUT2D eigenvalue weighted by Gasteiger charge is 2.32. The van der Waals surface area contributed by atoms with Gasteiger partial charge in [-0.1, -0.05) is 72.9 Å². The molecular weight excluding hydrogens is 1090 g/mol. The predicted molar refractivity (Wildman–Crippen MR) is 274 cm³/mol. The van der Waals surface area contributed by atoms with Gasteiger partial charge in [-0.25, -0.2) is 9.59 Å². The van der Waals surface area contributed by atoms with Crippen LogP contribution in [0.1, 0.15) is 37.3 Å². The average molecular weight is 1140 g/mol. The van der Waals surface area contributed by atoms with Gasteiger partial charge in [0.2, 0.25) is 0 Å². The van der Waals surface area contributed by atoms with Crippen LogP contribution in [-0.2, 0) is 40.3 Å². The third-order valence-electron chi connectivity index (χ3n) is 11.4. The van der Waals surface area contributed by atoms with Crippen molar-refractivity contribution >= 4 is 45.5 Å². The van der Waals surface area contributed by atoms with Crippen molar-refractivity contribution in [2.75, 3.05) is 33.0 Å². The Labute approximate surface area is 448 Å². The Balaban J connectivity index is 0.000000226. The number of alkyl halides is 6. The molecule has 0 saturated heterocycles. The molecule has 0 fully saturated rings. The molecule has 27 heteroatoms. The number of imidazole rings is 2. The van der Waals surface area contributed by atoms with Crippen LogP contribution in [0.4, 0.5) is 26.3 Å². The van der Waals surface area contributed by atoms with E-state index in [4.69, 9.17) is 42.1 Å². The van der Waals surface area contributed by atoms with Crippen LogP contribution in [0, 0.1) is 0 Å². The van der Waals surface area contributed by atoms with Crippen molar-refractivity contribution in [3.05, 3.63) is 160 Å². The number of aliphatic hydroxyl groups excluding tert-OH is 1. The van der Waals surface area contributed by atoms with E-state index in [9.17, 15) is 50.6 Å². The molecule has 8 aromatic rings. The number of rotatable bonds is 22. The molecule has 19 nitrogen and oxygen atoms in total. The van der Waals surface area contributed by atoms with Gasteiger partial charge in [-0.15, -0.1) is 26.3 Å². The molecule has 4 heterocycles. The van der Waals surface area contributed by atoms with E-state index in [2.05, 4.69) is 19.4 Å². The van der Waals surface area contributed by atoms with Crippen LogP contribution in [0.5, 0.6) is 35.0 Å². The lowest BCUT2D eigenvalue weighted by molar-refractivity contribution is -0.275. The Morgan fingerprint density at radius 2 is 0.897 bits per heavy atom. The first-order valence-corrected chi connectivity index (χ1v) is 24.6. The van der Waals surface area contributed by atoms with Crippen LogP contribution in [0.3, 0.4) is 0 Å². The first-order valence-electron chi connectivity index (χ1n) is 23.9. The second kappa shape index (κ2) is 25.5. The molecule has 78 heavy (non-hydrogen) atoms. The minimum Gasteiger partial charge on any atom is -0.490 e. The second-order valence-electron chi connectivity index (χ2n) is 17.0. The highest BCUT2D eigenvalue weighted by Crippen LogP contribution is 2.29. The van der Waals surface area contributed by atoms with Crippen LogP contribution in [0.2, 0.25) is 10.0 Å². The number of ether oxygens (including phenoxy) is 6. The van der Waals surface area contributed by atoms with Gasteiger partial charge in [0.15, 0.2) is 22.3 Å². The van der Waals surface area contributed by atoms with Crippen molar-refractivity contribution in [3.63, 3.8) is 0 Å². The van der Waals surface area contributed by atoms with E-state index >= 15 is 0 Å². The Morgan fingerprint density at radius 1 is 0.526 bits per heavy atom. The molecular formula is C51H50Cl2F6N8O11. The molecule has 0 aliphatic heterocycles. The van der Waals surface area contributed by atoms with E-state index < -0.39 is 46.7 Å². The summed E-state index contributed by atoms with van der Waals surface area (Å²) in [6.07, 6.45) is -7.98. The molecule has 0 saturated carbocycles. The lowest BCUT2D eigenvalue weighted by Gasteiger charge is -2.13. The maximum Gasteiger partial charge on any atom is 0.573 e. The van der Waals surface area contributed by atoms with Gasteiger partial charge in [-0.3, -0.25) is 37.0 Å². The highest BCUT2D eigenvalue weighted by molar-refractivity contribution is 6.30. The van der Waals surface area contributed by atoms with Crippen LogP contribution in [-0.4, -0.2) is 88.2 Å². The molecule has 0 amide bonds. The van der Waals surface area contributed by atoms with Crippen molar-refractivity contribution < 1.29 is 59.9 Å². The summed E-state index contributed by atoms with van der Waals surface area (Å²) in [6.45, 7) is 2.18. The van der Waals surface area contributed by atoms with Crippen molar-refractivity contribution in [3.8, 4) is 35.0 Å². The summed E-state index contributed by atoms with van der Waals surface area (Å²) in [5.74, 6) is -0.560. The molecule has 0 aliphatic carbocycles. The Hall–Kier alpha value is -7.90. The van der Waals surface area contributed by atoms with Crippen molar-refractivity contribution in [2.24, 2.45) is 14.1 Å². The summed E-state index contributed by atoms with van der Waals surface area (Å²) in [6, 6.07) is 24.2. The first kappa shape index (κ1) is 57.8. The van der Waals surface area contributed by atoms with E-state index in [1.54, 1.807) is 53.1 Å². The fourth-order valence-electron chi connectivity index (χ4n) is 7.81. The fraction of sp³-hybridized carbons (Fsp3) is 0.333. The number of aryl methyl sites for hydroxylation is 2. The summed E-state index contributed by atoms with van der Waals surface area (Å²) in [7, 11) is 3.01. The normalized spacial score (nSPS) is 11.6. The second-order valence-corrected chi connectivity index (χ2v) is 17.9. The number of aliphatic hydroxyl groups is 1. The number of hydrogen-bond acceptors (Lipinski definition) is 13. The molecule has 0 radical (unpaired) electrons. The number of halogens is 8. The summed E-state index contributed by atoms with van der Waals surface area (Å²) in [5, 5.41) is 10.3. The minimum atomic E-state index is -4.83. The zero-order chi connectivity index (χ0) is 56.3. The topological polar surface area (TPSA) is 199 Å². The third-order valence-corrected chi connectivity index (χ3v) is 11.9. The maximum atomic E-state index is 13.4. The number of unbranched alkanes of at least 4 members (excludes halogenated alkanes) is 1.